The van der Waals surface area contributed by atoms with Crippen molar-refractivity contribution in [3.8, 4) is 6.07 Å². The van der Waals surface area contributed by atoms with E-state index in [-0.39, 0.29) is 5.41 Å². The van der Waals surface area contributed by atoms with E-state index in [1.165, 1.54) is 5.56 Å². The zero-order chi connectivity index (χ0) is 12.6. The fourth-order valence-electron chi connectivity index (χ4n) is 2.22. The van der Waals surface area contributed by atoms with E-state index in [2.05, 4.69) is 34.6 Å². The fourth-order valence-corrected chi connectivity index (χ4v) is 2.22. The third-order valence-electron chi connectivity index (χ3n) is 3.67. The van der Waals surface area contributed by atoms with Crippen LogP contribution in [0.25, 0.3) is 11.0 Å². The van der Waals surface area contributed by atoms with E-state index < -0.39 is 0 Å². The topological polar surface area (TPSA) is 53.6 Å². The van der Waals surface area contributed by atoms with Gasteiger partial charge in [-0.3, -0.25) is 0 Å². The van der Waals surface area contributed by atoms with Crippen molar-refractivity contribution in [2.45, 2.75) is 19.4 Å². The van der Waals surface area contributed by atoms with Gasteiger partial charge in [-0.25, -0.2) is 4.98 Å². The van der Waals surface area contributed by atoms with Crippen molar-refractivity contribution in [2.24, 2.45) is 12.5 Å². The zero-order valence-electron chi connectivity index (χ0n) is 10.5. The quantitative estimate of drug-likeness (QED) is 0.889. The maximum Gasteiger partial charge on any atom is 0.0955 e. The van der Waals surface area contributed by atoms with Crippen LogP contribution in [-0.4, -0.2) is 16.1 Å². The van der Waals surface area contributed by atoms with Gasteiger partial charge >= 0.3 is 0 Å². The first-order valence-electron chi connectivity index (χ1n) is 6.24. The Balaban J connectivity index is 1.66. The van der Waals surface area contributed by atoms with Gasteiger partial charge in [-0.15, -0.1) is 0 Å². The smallest absolute Gasteiger partial charge is 0.0955 e. The third-order valence-corrected chi connectivity index (χ3v) is 3.67. The predicted molar refractivity (Wildman–Crippen MR) is 69.7 cm³/mol. The zero-order valence-corrected chi connectivity index (χ0v) is 10.5. The summed E-state index contributed by atoms with van der Waals surface area (Å²) in [5.41, 5.74) is 3.32. The number of hydrogen-bond acceptors (Lipinski definition) is 3. The molecule has 4 nitrogen and oxygen atoms in total. The molecule has 0 amide bonds. The minimum Gasteiger partial charge on any atom is -0.334 e. The van der Waals surface area contributed by atoms with Gasteiger partial charge in [0.1, 0.15) is 0 Å². The lowest BCUT2D eigenvalue weighted by Crippen LogP contribution is -2.22. The van der Waals surface area contributed by atoms with Gasteiger partial charge in [-0.1, -0.05) is 6.07 Å². The van der Waals surface area contributed by atoms with E-state index in [0.717, 1.165) is 37.0 Å². The van der Waals surface area contributed by atoms with E-state index in [1.807, 2.05) is 17.9 Å². The van der Waals surface area contributed by atoms with Crippen LogP contribution in [0.15, 0.2) is 24.5 Å². The van der Waals surface area contributed by atoms with Gasteiger partial charge in [-0.05, 0) is 30.5 Å². The molecule has 92 valence electrons. The third kappa shape index (κ3) is 1.98. The monoisotopic (exact) mass is 240 g/mol. The Hall–Kier alpha value is -1.86. The molecule has 0 spiro atoms. The second kappa shape index (κ2) is 4.11. The van der Waals surface area contributed by atoms with Crippen molar-refractivity contribution in [1.82, 2.24) is 14.9 Å². The molecular weight excluding hydrogens is 224 g/mol. The van der Waals surface area contributed by atoms with Crippen LogP contribution < -0.4 is 5.32 Å². The first-order valence-corrected chi connectivity index (χ1v) is 6.24. The number of aromatic nitrogens is 2. The second-order valence-corrected chi connectivity index (χ2v) is 5.17. The molecule has 1 aliphatic rings. The molecule has 1 aliphatic carbocycles. The fraction of sp³-hybridized carbons (Fsp3) is 0.429. The van der Waals surface area contributed by atoms with Crippen LogP contribution in [0.2, 0.25) is 0 Å². The van der Waals surface area contributed by atoms with Crippen LogP contribution in [0.1, 0.15) is 18.4 Å². The Morgan fingerprint density at radius 1 is 1.50 bits per heavy atom. The number of fused-ring (bicyclic) bond motifs is 1. The summed E-state index contributed by atoms with van der Waals surface area (Å²) in [6.07, 6.45) is 3.91. The summed E-state index contributed by atoms with van der Waals surface area (Å²) < 4.78 is 2.02. The summed E-state index contributed by atoms with van der Waals surface area (Å²) in [7, 11) is 2.00. The van der Waals surface area contributed by atoms with Gasteiger partial charge in [0.25, 0.3) is 0 Å². The molecule has 3 rings (SSSR count). The molecule has 4 heteroatoms. The van der Waals surface area contributed by atoms with Crippen LogP contribution in [-0.2, 0) is 13.6 Å². The molecule has 18 heavy (non-hydrogen) atoms. The van der Waals surface area contributed by atoms with Gasteiger partial charge in [0.05, 0.1) is 28.8 Å². The average Bonchev–Trinajstić information content (AvgIpc) is 3.08. The molecule has 1 fully saturated rings. The SMILES string of the molecule is Cn1cnc2cc(CNCC3(C#N)CC3)ccc21. The van der Waals surface area contributed by atoms with E-state index in [0.29, 0.717) is 0 Å². The number of nitrogens with one attached hydrogen (secondary N) is 1. The number of imidazole rings is 1. The normalized spacial score (nSPS) is 16.7. The molecule has 1 aromatic heterocycles. The Kier molecular flexibility index (Phi) is 2.57. The first kappa shape index (κ1) is 11.2. The number of benzene rings is 1. The Bertz CT molecular complexity index is 616. The minimum atomic E-state index is -0.0743. The van der Waals surface area contributed by atoms with Gasteiger partial charge < -0.3 is 9.88 Å². The van der Waals surface area contributed by atoms with Gasteiger partial charge in [0.15, 0.2) is 0 Å². The van der Waals surface area contributed by atoms with Crippen LogP contribution in [0.4, 0.5) is 0 Å². The first-order chi connectivity index (χ1) is 8.72. The van der Waals surface area contributed by atoms with Crippen molar-refractivity contribution >= 4 is 11.0 Å². The summed E-state index contributed by atoms with van der Waals surface area (Å²) in [5, 5.41) is 12.4. The highest BCUT2D eigenvalue weighted by atomic mass is 15.0. The Morgan fingerprint density at radius 2 is 2.33 bits per heavy atom. The van der Waals surface area contributed by atoms with Gasteiger partial charge in [0, 0.05) is 20.1 Å². The number of rotatable bonds is 4. The molecule has 0 saturated heterocycles. The summed E-state index contributed by atoms with van der Waals surface area (Å²) >= 11 is 0. The Labute approximate surface area is 106 Å². The van der Waals surface area contributed by atoms with Gasteiger partial charge in [0.2, 0.25) is 0 Å². The van der Waals surface area contributed by atoms with Crippen molar-refractivity contribution < 1.29 is 0 Å². The van der Waals surface area contributed by atoms with Gasteiger partial charge in [-0.2, -0.15) is 5.26 Å². The summed E-state index contributed by atoms with van der Waals surface area (Å²) in [4.78, 5) is 4.35. The maximum atomic E-state index is 9.00. The molecule has 1 aromatic carbocycles. The highest BCUT2D eigenvalue weighted by Gasteiger charge is 2.42. The molecule has 0 radical (unpaired) electrons. The minimum absolute atomic E-state index is 0.0743. The van der Waals surface area contributed by atoms with E-state index >= 15 is 0 Å². The Morgan fingerprint density at radius 3 is 3.06 bits per heavy atom. The number of aryl methyl sites for hydroxylation is 1. The molecule has 1 N–H and O–H groups in total. The maximum absolute atomic E-state index is 9.00. The summed E-state index contributed by atoms with van der Waals surface area (Å²) in [5.74, 6) is 0. The van der Waals surface area contributed by atoms with Crippen LogP contribution in [0.3, 0.4) is 0 Å². The average molecular weight is 240 g/mol. The van der Waals surface area contributed by atoms with E-state index in [4.69, 9.17) is 5.26 Å². The largest absolute Gasteiger partial charge is 0.334 e. The number of hydrogen-bond donors (Lipinski definition) is 1. The van der Waals surface area contributed by atoms with Crippen molar-refractivity contribution in [1.29, 1.82) is 5.26 Å². The number of nitriles is 1. The molecule has 2 aromatic rings. The molecule has 1 saturated carbocycles. The van der Waals surface area contributed by atoms with Crippen molar-refractivity contribution in [3.05, 3.63) is 30.1 Å². The molecule has 0 unspecified atom stereocenters. The van der Waals surface area contributed by atoms with Crippen molar-refractivity contribution in [2.75, 3.05) is 6.54 Å². The lowest BCUT2D eigenvalue weighted by molar-refractivity contribution is 0.558. The molecule has 1 heterocycles. The highest BCUT2D eigenvalue weighted by Crippen LogP contribution is 2.44. The number of nitrogens with zero attached hydrogens (tertiary/aromatic N) is 3. The second-order valence-electron chi connectivity index (χ2n) is 5.17. The predicted octanol–water partition coefficient (Wildman–Crippen LogP) is 1.97. The standard InChI is InChI=1S/C14H16N4/c1-18-10-17-12-6-11(2-3-13(12)18)7-16-9-14(8-15)4-5-14/h2-3,6,10,16H,4-5,7,9H2,1H3. The molecule has 0 atom stereocenters. The molecular formula is C14H16N4. The van der Waals surface area contributed by atoms with E-state index in [1.54, 1.807) is 0 Å². The highest BCUT2D eigenvalue weighted by molar-refractivity contribution is 5.75. The van der Waals surface area contributed by atoms with E-state index in [9.17, 15) is 0 Å². The molecule has 0 bridgehead atoms. The van der Waals surface area contributed by atoms with Crippen LogP contribution in [0, 0.1) is 16.7 Å². The van der Waals surface area contributed by atoms with Crippen LogP contribution in [0.5, 0.6) is 0 Å². The lowest BCUT2D eigenvalue weighted by atomic mass is 10.1. The summed E-state index contributed by atoms with van der Waals surface area (Å²) in [6.45, 7) is 1.60. The van der Waals surface area contributed by atoms with Crippen LogP contribution >= 0.6 is 0 Å². The van der Waals surface area contributed by atoms with Crippen molar-refractivity contribution in [3.63, 3.8) is 0 Å². The molecule has 0 aliphatic heterocycles. The lowest BCUT2D eigenvalue weighted by Gasteiger charge is -2.08. The summed E-state index contributed by atoms with van der Waals surface area (Å²) in [6, 6.07) is 8.71.